The molecule has 0 spiro atoms. The van der Waals surface area contributed by atoms with Crippen LogP contribution in [0, 0.1) is 29.1 Å². The van der Waals surface area contributed by atoms with Crippen molar-refractivity contribution in [2.45, 2.75) is 135 Å². The van der Waals surface area contributed by atoms with Gasteiger partial charge in [0.1, 0.15) is 40.4 Å². The number of Topliss-reactive ketones (excluding diaryl/α,β-unsaturated/α-hetero) is 1. The zero-order valence-corrected chi connectivity index (χ0v) is 39.7. The number of benzene rings is 2. The number of halogens is 1. The average Bonchev–Trinajstić information content (AvgIpc) is 4.14. The lowest BCUT2D eigenvalue weighted by atomic mass is 9.82. The summed E-state index contributed by atoms with van der Waals surface area (Å²) in [6.07, 6.45) is 5.11. The number of hydrogen-bond donors (Lipinski definition) is 1. The molecule has 3 aromatic rings. The number of ketones is 1. The van der Waals surface area contributed by atoms with Crippen molar-refractivity contribution in [3.63, 3.8) is 0 Å². The number of ether oxygens (including phenoxy) is 4. The molecule has 3 fully saturated rings. The van der Waals surface area contributed by atoms with Gasteiger partial charge >= 0.3 is 5.97 Å². The van der Waals surface area contributed by atoms with Crippen LogP contribution in [0.5, 0.6) is 17.2 Å². The molecule has 4 aliphatic rings. The summed E-state index contributed by atoms with van der Waals surface area (Å²) < 4.78 is 65.3. The Hall–Kier alpha value is -5.05. The number of fused-ring (bicyclic) bond motifs is 3. The predicted octanol–water partition coefficient (Wildman–Crippen LogP) is 8.32. The second-order valence-corrected chi connectivity index (χ2v) is 22.2. The molecule has 1 saturated heterocycles. The molecule has 352 valence electrons. The van der Waals surface area contributed by atoms with Crippen molar-refractivity contribution in [1.82, 2.24) is 14.6 Å². The lowest BCUT2D eigenvalue weighted by Crippen LogP contribution is -2.48. The van der Waals surface area contributed by atoms with Gasteiger partial charge in [0.25, 0.3) is 0 Å². The van der Waals surface area contributed by atoms with Crippen LogP contribution in [0.15, 0.2) is 60.7 Å². The van der Waals surface area contributed by atoms with Crippen molar-refractivity contribution in [3.05, 3.63) is 60.7 Å². The van der Waals surface area contributed by atoms with Crippen LogP contribution in [-0.4, -0.2) is 90.8 Å². The molecular weight excluding hydrogens is 854 g/mol. The number of pyridine rings is 1. The maximum Gasteiger partial charge on any atom is 0.307 e. The molecule has 7 atom stereocenters. The first-order valence-electron chi connectivity index (χ1n) is 22.9. The third-order valence-corrected chi connectivity index (χ3v) is 15.5. The Morgan fingerprint density at radius 3 is 2.37 bits per heavy atom. The minimum absolute atomic E-state index is 0.00508. The van der Waals surface area contributed by atoms with Gasteiger partial charge in [-0.2, -0.15) is 0 Å². The molecule has 1 N–H and O–H groups in total. The summed E-state index contributed by atoms with van der Waals surface area (Å²) in [6, 6.07) is 13.8. The number of nitrogens with one attached hydrogen (secondary N) is 1. The summed E-state index contributed by atoms with van der Waals surface area (Å²) in [4.78, 5) is 64.2. The lowest BCUT2D eigenvalue weighted by Gasteiger charge is -2.32. The molecule has 2 aliphatic heterocycles. The van der Waals surface area contributed by atoms with Gasteiger partial charge in [0.05, 0.1) is 54.8 Å². The van der Waals surface area contributed by atoms with E-state index in [9.17, 15) is 27.2 Å². The van der Waals surface area contributed by atoms with Crippen LogP contribution in [0.25, 0.3) is 22.2 Å². The molecule has 3 heterocycles. The van der Waals surface area contributed by atoms with E-state index in [4.69, 9.17) is 23.9 Å². The minimum Gasteiger partial charge on any atom is -0.497 e. The predicted molar refractivity (Wildman–Crippen MR) is 244 cm³/mol. The maximum absolute atomic E-state index is 15.2. The van der Waals surface area contributed by atoms with Gasteiger partial charge in [0.15, 0.2) is 5.78 Å². The number of nitrogens with zero attached hydrogens (tertiary/aromatic N) is 2. The standard InChI is InChI=1S/C50H64FN3O10S/c1-30(2)62-35-15-13-33(14-16-35)40-25-44(38-18-17-36(61-8)22-41(38)52-40)63-37-23-42-43(55)27-50(47(58)53-65(59,60)49(29-51)19-20-49)26-34(50)12-10-9-11-31(3)21-32(4)39(46(57)54(42)28-37)24-45(56)64-48(5,6)7/h10,12-18,22,25,30-32,34,37,39,42H,9,11,19-21,23-24,26-29H2,1-8H3,(H,53,58)/b12-10-/t31-,32-,34-,37-,39+,42+,50-/m1/s1. The molecule has 0 bridgehead atoms. The van der Waals surface area contributed by atoms with E-state index < -0.39 is 80.0 Å². The summed E-state index contributed by atoms with van der Waals surface area (Å²) in [5, 5.41) is 0.674. The topological polar surface area (TPSA) is 168 Å². The summed E-state index contributed by atoms with van der Waals surface area (Å²) in [6.45, 7) is 12.1. The molecule has 2 amide bonds. The highest BCUT2D eigenvalue weighted by atomic mass is 32.2. The van der Waals surface area contributed by atoms with Crippen molar-refractivity contribution in [3.8, 4) is 28.5 Å². The van der Waals surface area contributed by atoms with Gasteiger partial charge in [-0.25, -0.2) is 17.8 Å². The second-order valence-electron chi connectivity index (χ2n) is 20.1. The number of allylic oxidation sites excluding steroid dienone is 2. The van der Waals surface area contributed by atoms with E-state index in [-0.39, 0.29) is 63.0 Å². The molecular formula is C50H64FN3O10S. The number of rotatable bonds is 12. The fourth-order valence-electron chi connectivity index (χ4n) is 9.51. The minimum atomic E-state index is -4.37. The normalized spacial score (nSPS) is 27.4. The number of amides is 2. The zero-order valence-electron chi connectivity index (χ0n) is 38.9. The highest BCUT2D eigenvalue weighted by molar-refractivity contribution is 7.91. The molecule has 0 unspecified atom stereocenters. The third kappa shape index (κ3) is 10.7. The molecule has 65 heavy (non-hydrogen) atoms. The van der Waals surface area contributed by atoms with Crippen molar-refractivity contribution in [2.75, 3.05) is 20.3 Å². The monoisotopic (exact) mass is 917 g/mol. The van der Waals surface area contributed by atoms with Crippen molar-refractivity contribution >= 4 is 44.5 Å². The van der Waals surface area contributed by atoms with Gasteiger partial charge in [-0.15, -0.1) is 0 Å². The fraction of sp³-hybridized carbons (Fsp3) is 0.580. The number of sulfonamides is 1. The van der Waals surface area contributed by atoms with Crippen LogP contribution < -0.4 is 18.9 Å². The Labute approximate surface area is 382 Å². The summed E-state index contributed by atoms with van der Waals surface area (Å²) in [7, 11) is -2.80. The van der Waals surface area contributed by atoms with E-state index in [1.54, 1.807) is 40.0 Å². The molecule has 13 nitrogen and oxygen atoms in total. The van der Waals surface area contributed by atoms with Crippen LogP contribution in [0.3, 0.4) is 0 Å². The summed E-state index contributed by atoms with van der Waals surface area (Å²) >= 11 is 0. The largest absolute Gasteiger partial charge is 0.497 e. The number of carbonyl (C=O) groups excluding carboxylic acids is 4. The molecule has 7 rings (SSSR count). The highest BCUT2D eigenvalue weighted by Crippen LogP contribution is 2.58. The van der Waals surface area contributed by atoms with Crippen LogP contribution in [0.1, 0.15) is 106 Å². The van der Waals surface area contributed by atoms with Gasteiger partial charge in [-0.3, -0.25) is 23.9 Å². The lowest BCUT2D eigenvalue weighted by molar-refractivity contribution is -0.160. The van der Waals surface area contributed by atoms with Crippen LogP contribution in [0.2, 0.25) is 0 Å². The number of methoxy groups -OCH3 is 1. The first-order valence-corrected chi connectivity index (χ1v) is 24.4. The maximum atomic E-state index is 15.2. The van der Waals surface area contributed by atoms with Crippen molar-refractivity contribution < 1.29 is 50.9 Å². The number of aromatic nitrogens is 1. The van der Waals surface area contributed by atoms with E-state index >= 15 is 4.79 Å². The number of esters is 1. The molecule has 2 aromatic carbocycles. The Bertz CT molecular complexity index is 2430. The molecule has 2 aliphatic carbocycles. The van der Waals surface area contributed by atoms with E-state index in [0.717, 1.165) is 12.0 Å². The van der Waals surface area contributed by atoms with Crippen LogP contribution in [0.4, 0.5) is 4.39 Å². The van der Waals surface area contributed by atoms with Crippen LogP contribution in [-0.2, 0) is 33.9 Å². The van der Waals surface area contributed by atoms with E-state index in [1.807, 2.05) is 69.3 Å². The second kappa shape index (κ2) is 18.7. The van der Waals surface area contributed by atoms with Gasteiger partial charge in [0.2, 0.25) is 21.8 Å². The first-order chi connectivity index (χ1) is 30.7. The molecule has 0 radical (unpaired) electrons. The zero-order chi connectivity index (χ0) is 47.1. The van der Waals surface area contributed by atoms with Gasteiger partial charge in [-0.05, 0) is 127 Å². The van der Waals surface area contributed by atoms with Gasteiger partial charge in [0, 0.05) is 35.9 Å². The fourth-order valence-corrected chi connectivity index (χ4v) is 11.0. The van der Waals surface area contributed by atoms with Crippen LogP contribution >= 0.6 is 0 Å². The Balaban J connectivity index is 1.26. The van der Waals surface area contributed by atoms with Crippen molar-refractivity contribution in [1.29, 1.82) is 0 Å². The Kier molecular flexibility index (Phi) is 13.8. The van der Waals surface area contributed by atoms with Gasteiger partial charge < -0.3 is 23.8 Å². The smallest absolute Gasteiger partial charge is 0.307 e. The summed E-state index contributed by atoms with van der Waals surface area (Å²) in [5.74, 6) is -1.82. The third-order valence-electron chi connectivity index (χ3n) is 13.4. The summed E-state index contributed by atoms with van der Waals surface area (Å²) in [5.41, 5.74) is -0.211. The van der Waals surface area contributed by atoms with E-state index in [2.05, 4.69) is 11.6 Å². The first kappa shape index (κ1) is 47.9. The molecule has 15 heteroatoms. The molecule has 1 aromatic heterocycles. The van der Waals surface area contributed by atoms with E-state index in [0.29, 0.717) is 46.7 Å². The van der Waals surface area contributed by atoms with E-state index in [1.165, 1.54) is 4.90 Å². The number of alkyl halides is 1. The van der Waals surface area contributed by atoms with Crippen molar-refractivity contribution in [2.24, 2.45) is 29.1 Å². The Morgan fingerprint density at radius 1 is 1.02 bits per heavy atom. The highest BCUT2D eigenvalue weighted by Gasteiger charge is 2.63. The quantitative estimate of drug-likeness (QED) is 0.137. The molecule has 2 saturated carbocycles. The average molecular weight is 918 g/mol. The SMILES string of the molecule is COc1ccc2c(O[C@@H]3C[C@H]4C(=O)C[C@]5(C(=O)NS(=O)(=O)C6(CF)CC6)C[C@H]5/C=C\CC[C@@H](C)C[C@@H](C)[C@H](CC(=O)OC(C)(C)C)C(=O)N4C3)cc(-c3ccc(OC(C)C)cc3)nc2c1. The Morgan fingerprint density at radius 2 is 1.72 bits per heavy atom. The van der Waals surface area contributed by atoms with Gasteiger partial charge in [-0.1, -0.05) is 26.0 Å². The number of carbonyl (C=O) groups is 4. The number of hydrogen-bond acceptors (Lipinski definition) is 11.